The second-order valence-corrected chi connectivity index (χ2v) is 6.28. The standard InChI is InChI=1S/C18H19N7O/c1-23(10-13-6-3-4-7-19-13)17(26)16-14-11-25(12-15(14)24(2)22-16)18-20-8-5-9-21-18/h3-9H,10-12H2,1-2H3. The van der Waals surface area contributed by atoms with Gasteiger partial charge >= 0.3 is 0 Å². The monoisotopic (exact) mass is 349 g/mol. The number of fused-ring (bicyclic) bond motifs is 1. The number of hydrogen-bond acceptors (Lipinski definition) is 6. The van der Waals surface area contributed by atoms with Gasteiger partial charge in [0.05, 0.1) is 31.0 Å². The summed E-state index contributed by atoms with van der Waals surface area (Å²) in [4.78, 5) is 29.5. The third-order valence-electron chi connectivity index (χ3n) is 4.47. The van der Waals surface area contributed by atoms with Gasteiger partial charge in [-0.3, -0.25) is 14.5 Å². The quantitative estimate of drug-likeness (QED) is 0.708. The molecule has 4 rings (SSSR count). The van der Waals surface area contributed by atoms with Crippen molar-refractivity contribution in [1.82, 2.24) is 29.6 Å². The lowest BCUT2D eigenvalue weighted by atomic mass is 10.2. The molecule has 0 unspecified atom stereocenters. The molecule has 8 nitrogen and oxygen atoms in total. The van der Waals surface area contributed by atoms with Gasteiger partial charge in [-0.2, -0.15) is 5.10 Å². The summed E-state index contributed by atoms with van der Waals surface area (Å²) in [5.74, 6) is 0.548. The molecule has 8 heteroatoms. The summed E-state index contributed by atoms with van der Waals surface area (Å²) < 4.78 is 1.78. The Balaban J connectivity index is 1.56. The number of pyridine rings is 1. The van der Waals surface area contributed by atoms with Crippen LogP contribution in [0, 0.1) is 0 Å². The number of aryl methyl sites for hydroxylation is 1. The molecule has 0 radical (unpaired) electrons. The zero-order valence-electron chi connectivity index (χ0n) is 14.7. The van der Waals surface area contributed by atoms with Crippen molar-refractivity contribution in [2.45, 2.75) is 19.6 Å². The third kappa shape index (κ3) is 2.90. The first-order valence-corrected chi connectivity index (χ1v) is 8.35. The van der Waals surface area contributed by atoms with Crippen molar-refractivity contribution in [2.75, 3.05) is 11.9 Å². The van der Waals surface area contributed by atoms with E-state index in [0.29, 0.717) is 31.3 Å². The van der Waals surface area contributed by atoms with E-state index in [1.54, 1.807) is 41.3 Å². The molecule has 0 aromatic carbocycles. The molecule has 1 aliphatic heterocycles. The van der Waals surface area contributed by atoms with Gasteiger partial charge in [0, 0.05) is 38.2 Å². The Bertz CT molecular complexity index is 923. The maximum absolute atomic E-state index is 12.9. The number of carbonyl (C=O) groups excluding carboxylic acids is 1. The van der Waals surface area contributed by atoms with E-state index in [-0.39, 0.29) is 5.91 Å². The highest BCUT2D eigenvalue weighted by atomic mass is 16.2. The van der Waals surface area contributed by atoms with E-state index in [9.17, 15) is 4.79 Å². The van der Waals surface area contributed by atoms with Crippen molar-refractivity contribution in [1.29, 1.82) is 0 Å². The first-order valence-electron chi connectivity index (χ1n) is 8.35. The zero-order valence-corrected chi connectivity index (χ0v) is 14.7. The van der Waals surface area contributed by atoms with Gasteiger partial charge < -0.3 is 9.80 Å². The fraction of sp³-hybridized carbons (Fsp3) is 0.278. The van der Waals surface area contributed by atoms with E-state index in [1.165, 1.54) is 0 Å². The van der Waals surface area contributed by atoms with E-state index in [0.717, 1.165) is 17.0 Å². The summed E-state index contributed by atoms with van der Waals surface area (Å²) in [7, 11) is 3.63. The van der Waals surface area contributed by atoms with Crippen molar-refractivity contribution in [3.8, 4) is 0 Å². The molecule has 1 aliphatic rings. The number of carbonyl (C=O) groups is 1. The predicted octanol–water partition coefficient (Wildman–Crippen LogP) is 1.40. The SMILES string of the molecule is CN(Cc1ccccn1)C(=O)c1nn(C)c2c1CN(c1ncccn1)C2. The summed E-state index contributed by atoms with van der Waals surface area (Å²) in [5.41, 5.74) is 3.29. The summed E-state index contributed by atoms with van der Waals surface area (Å²) in [5, 5.41) is 4.46. The van der Waals surface area contributed by atoms with Gasteiger partial charge in [0.15, 0.2) is 5.69 Å². The minimum absolute atomic E-state index is 0.108. The van der Waals surface area contributed by atoms with Gasteiger partial charge in [0.1, 0.15) is 0 Å². The highest BCUT2D eigenvalue weighted by Crippen LogP contribution is 2.28. The summed E-state index contributed by atoms with van der Waals surface area (Å²) in [6, 6.07) is 7.46. The highest BCUT2D eigenvalue weighted by molar-refractivity contribution is 5.94. The average molecular weight is 349 g/mol. The van der Waals surface area contributed by atoms with Crippen LogP contribution in [0.4, 0.5) is 5.95 Å². The van der Waals surface area contributed by atoms with E-state index < -0.39 is 0 Å². The lowest BCUT2D eigenvalue weighted by molar-refractivity contribution is 0.0775. The minimum atomic E-state index is -0.108. The van der Waals surface area contributed by atoms with Crippen LogP contribution in [0.2, 0.25) is 0 Å². The fourth-order valence-electron chi connectivity index (χ4n) is 3.15. The van der Waals surface area contributed by atoms with E-state index >= 15 is 0 Å². The van der Waals surface area contributed by atoms with Crippen LogP contribution in [0.5, 0.6) is 0 Å². The highest BCUT2D eigenvalue weighted by Gasteiger charge is 2.32. The third-order valence-corrected chi connectivity index (χ3v) is 4.47. The lowest BCUT2D eigenvalue weighted by Gasteiger charge is -2.17. The van der Waals surface area contributed by atoms with Crippen LogP contribution in [0.15, 0.2) is 42.9 Å². The Morgan fingerprint density at radius 1 is 1.12 bits per heavy atom. The molecular formula is C18H19N7O. The van der Waals surface area contributed by atoms with Crippen LogP contribution in [-0.2, 0) is 26.7 Å². The molecule has 1 amide bonds. The maximum atomic E-state index is 12.9. The molecule has 0 N–H and O–H groups in total. The zero-order chi connectivity index (χ0) is 18.1. The van der Waals surface area contributed by atoms with Crippen molar-refractivity contribution in [2.24, 2.45) is 7.05 Å². The Morgan fingerprint density at radius 3 is 2.62 bits per heavy atom. The lowest BCUT2D eigenvalue weighted by Crippen LogP contribution is -2.28. The Labute approximate surface area is 151 Å². The molecule has 3 aromatic heterocycles. The number of nitrogens with zero attached hydrogens (tertiary/aromatic N) is 7. The second kappa shape index (κ2) is 6.55. The molecule has 0 atom stereocenters. The normalized spacial score (nSPS) is 12.9. The number of rotatable bonds is 4. The number of aromatic nitrogens is 5. The number of anilines is 1. The van der Waals surface area contributed by atoms with Crippen molar-refractivity contribution >= 4 is 11.9 Å². The molecule has 0 bridgehead atoms. The molecule has 0 saturated heterocycles. The van der Waals surface area contributed by atoms with Gasteiger partial charge in [-0.15, -0.1) is 0 Å². The topological polar surface area (TPSA) is 80.0 Å². The summed E-state index contributed by atoms with van der Waals surface area (Å²) >= 11 is 0. The largest absolute Gasteiger partial charge is 0.334 e. The summed E-state index contributed by atoms with van der Waals surface area (Å²) in [6.45, 7) is 1.66. The minimum Gasteiger partial charge on any atom is -0.334 e. The summed E-state index contributed by atoms with van der Waals surface area (Å²) in [6.07, 6.45) is 5.16. The molecule has 26 heavy (non-hydrogen) atoms. The van der Waals surface area contributed by atoms with Crippen molar-refractivity contribution < 1.29 is 4.79 Å². The van der Waals surface area contributed by atoms with Crippen LogP contribution in [0.1, 0.15) is 27.4 Å². The van der Waals surface area contributed by atoms with Gasteiger partial charge in [-0.05, 0) is 18.2 Å². The number of hydrogen-bond donors (Lipinski definition) is 0. The van der Waals surface area contributed by atoms with E-state index in [2.05, 4.69) is 20.1 Å². The van der Waals surface area contributed by atoms with E-state index in [4.69, 9.17) is 0 Å². The van der Waals surface area contributed by atoms with Crippen LogP contribution in [0.25, 0.3) is 0 Å². The van der Waals surface area contributed by atoms with Crippen molar-refractivity contribution in [3.05, 3.63) is 65.5 Å². The molecular weight excluding hydrogens is 330 g/mol. The molecule has 0 fully saturated rings. The Morgan fingerprint density at radius 2 is 1.88 bits per heavy atom. The molecule has 4 heterocycles. The first-order chi connectivity index (χ1) is 12.6. The predicted molar refractivity (Wildman–Crippen MR) is 95.2 cm³/mol. The molecule has 132 valence electrons. The molecule has 0 aliphatic carbocycles. The molecule has 3 aromatic rings. The Kier molecular flexibility index (Phi) is 4.08. The fourth-order valence-corrected chi connectivity index (χ4v) is 3.15. The van der Waals surface area contributed by atoms with Crippen LogP contribution < -0.4 is 4.90 Å². The van der Waals surface area contributed by atoms with E-state index in [1.807, 2.05) is 30.1 Å². The van der Waals surface area contributed by atoms with Gasteiger partial charge in [-0.25, -0.2) is 9.97 Å². The average Bonchev–Trinajstić information content (AvgIpc) is 3.23. The molecule has 0 saturated carbocycles. The Hall–Kier alpha value is -3.29. The molecule has 0 spiro atoms. The van der Waals surface area contributed by atoms with Crippen LogP contribution in [-0.4, -0.2) is 42.6 Å². The van der Waals surface area contributed by atoms with Gasteiger partial charge in [0.2, 0.25) is 5.95 Å². The van der Waals surface area contributed by atoms with Crippen LogP contribution >= 0.6 is 0 Å². The van der Waals surface area contributed by atoms with Crippen LogP contribution in [0.3, 0.4) is 0 Å². The maximum Gasteiger partial charge on any atom is 0.274 e. The number of amides is 1. The van der Waals surface area contributed by atoms with Gasteiger partial charge in [0.25, 0.3) is 5.91 Å². The smallest absolute Gasteiger partial charge is 0.274 e. The second-order valence-electron chi connectivity index (χ2n) is 6.28. The van der Waals surface area contributed by atoms with Gasteiger partial charge in [-0.1, -0.05) is 6.07 Å². The first kappa shape index (κ1) is 16.2. The van der Waals surface area contributed by atoms with Crippen molar-refractivity contribution in [3.63, 3.8) is 0 Å².